The molecular formula is C26H26BrNO5. The van der Waals surface area contributed by atoms with E-state index in [4.69, 9.17) is 19.9 Å². The number of nitrogens with two attached hydrogens (primary N) is 1. The molecule has 0 amide bonds. The molecule has 2 aliphatic rings. The molecule has 7 heteroatoms. The zero-order valence-corrected chi connectivity index (χ0v) is 20.4. The summed E-state index contributed by atoms with van der Waals surface area (Å²) in [6, 6.07) is 15.3. The number of methoxy groups -OCH3 is 1. The molecule has 0 bridgehead atoms. The minimum Gasteiger partial charge on any atom is -0.489 e. The molecule has 0 saturated carbocycles. The van der Waals surface area contributed by atoms with Crippen molar-refractivity contribution in [2.75, 3.05) is 7.11 Å². The average molecular weight is 512 g/mol. The highest BCUT2D eigenvalue weighted by atomic mass is 79.9. The van der Waals surface area contributed by atoms with E-state index in [0.29, 0.717) is 42.1 Å². The van der Waals surface area contributed by atoms with Crippen LogP contribution < -0.4 is 10.5 Å². The van der Waals surface area contributed by atoms with E-state index in [9.17, 15) is 9.59 Å². The smallest absolute Gasteiger partial charge is 0.340 e. The fraction of sp³-hybridized carbons (Fsp3) is 0.308. The van der Waals surface area contributed by atoms with Gasteiger partial charge in [0.25, 0.3) is 0 Å². The zero-order valence-electron chi connectivity index (χ0n) is 18.8. The van der Waals surface area contributed by atoms with Crippen LogP contribution in [0.2, 0.25) is 0 Å². The molecule has 2 aromatic carbocycles. The van der Waals surface area contributed by atoms with Crippen molar-refractivity contribution >= 4 is 27.7 Å². The number of rotatable bonds is 5. The first-order valence-electron chi connectivity index (χ1n) is 10.7. The number of carbonyl (C=O) groups is 2. The number of hydrogen-bond donors (Lipinski definition) is 1. The van der Waals surface area contributed by atoms with E-state index in [1.165, 1.54) is 7.11 Å². The zero-order chi connectivity index (χ0) is 23.8. The van der Waals surface area contributed by atoms with Crippen LogP contribution in [0, 0.1) is 5.41 Å². The molecule has 1 aliphatic carbocycles. The Morgan fingerprint density at radius 1 is 1.18 bits per heavy atom. The molecule has 0 fully saturated rings. The number of ketones is 1. The van der Waals surface area contributed by atoms with Crippen LogP contribution in [0.3, 0.4) is 0 Å². The van der Waals surface area contributed by atoms with Crippen molar-refractivity contribution < 1.29 is 23.8 Å². The van der Waals surface area contributed by atoms with Gasteiger partial charge >= 0.3 is 5.97 Å². The fourth-order valence-electron chi connectivity index (χ4n) is 4.42. The van der Waals surface area contributed by atoms with Gasteiger partial charge in [0.15, 0.2) is 5.78 Å². The number of carbonyl (C=O) groups excluding carboxylic acids is 2. The Balaban J connectivity index is 1.85. The number of hydrogen-bond acceptors (Lipinski definition) is 6. The monoisotopic (exact) mass is 511 g/mol. The van der Waals surface area contributed by atoms with Crippen molar-refractivity contribution in [2.45, 2.75) is 39.2 Å². The minimum atomic E-state index is -0.756. The Bertz CT molecular complexity index is 1170. The van der Waals surface area contributed by atoms with Crippen molar-refractivity contribution in [3.8, 4) is 5.75 Å². The van der Waals surface area contributed by atoms with Crippen LogP contribution in [0.15, 0.2) is 75.8 Å². The van der Waals surface area contributed by atoms with Crippen LogP contribution in [0.4, 0.5) is 0 Å². The number of benzene rings is 2. The van der Waals surface area contributed by atoms with Gasteiger partial charge < -0.3 is 19.9 Å². The van der Waals surface area contributed by atoms with E-state index >= 15 is 0 Å². The lowest BCUT2D eigenvalue weighted by Gasteiger charge is -2.38. The number of esters is 1. The second-order valence-electron chi connectivity index (χ2n) is 9.04. The number of halogens is 1. The molecule has 4 rings (SSSR count). The van der Waals surface area contributed by atoms with E-state index in [0.717, 1.165) is 10.0 Å². The molecule has 33 heavy (non-hydrogen) atoms. The van der Waals surface area contributed by atoms with E-state index in [1.54, 1.807) is 0 Å². The van der Waals surface area contributed by atoms with E-state index in [1.807, 2.05) is 62.4 Å². The average Bonchev–Trinajstić information content (AvgIpc) is 2.76. The third kappa shape index (κ3) is 4.69. The van der Waals surface area contributed by atoms with Crippen LogP contribution >= 0.6 is 15.9 Å². The third-order valence-corrected chi connectivity index (χ3v) is 6.37. The maximum atomic E-state index is 13.4. The van der Waals surface area contributed by atoms with Gasteiger partial charge in [-0.05, 0) is 29.2 Å². The molecule has 0 aromatic heterocycles. The molecular weight excluding hydrogens is 486 g/mol. The summed E-state index contributed by atoms with van der Waals surface area (Å²) in [6.07, 6.45) is 0.877. The van der Waals surface area contributed by atoms with Gasteiger partial charge in [-0.1, -0.05) is 60.1 Å². The van der Waals surface area contributed by atoms with Crippen LogP contribution in [0.1, 0.15) is 43.7 Å². The van der Waals surface area contributed by atoms with Crippen LogP contribution in [-0.2, 0) is 25.7 Å². The highest BCUT2D eigenvalue weighted by Gasteiger charge is 2.45. The predicted octanol–water partition coefficient (Wildman–Crippen LogP) is 5.13. The van der Waals surface area contributed by atoms with E-state index in [-0.39, 0.29) is 22.7 Å². The molecule has 2 aromatic rings. The normalized spacial score (nSPS) is 19.6. The maximum Gasteiger partial charge on any atom is 0.340 e. The van der Waals surface area contributed by atoms with Gasteiger partial charge in [-0.25, -0.2) is 4.79 Å². The van der Waals surface area contributed by atoms with Crippen molar-refractivity contribution in [1.82, 2.24) is 0 Å². The molecule has 1 heterocycles. The van der Waals surface area contributed by atoms with Gasteiger partial charge in [0.1, 0.15) is 23.7 Å². The standard InChI is InChI=1S/C26H26BrNO5/c1-26(2)12-18(29)22-20(13-26)33-24(28)23(25(30)31-3)21(22)17-11-16(27)9-10-19(17)32-14-15-7-5-4-6-8-15/h4-11,21H,12-14,28H2,1-3H3. The Kier molecular flexibility index (Phi) is 6.34. The number of Topliss-reactive ketones (excluding diaryl/α,β-unsaturated/α-hetero) is 1. The van der Waals surface area contributed by atoms with Crippen molar-refractivity contribution in [3.63, 3.8) is 0 Å². The third-order valence-electron chi connectivity index (χ3n) is 5.88. The lowest BCUT2D eigenvalue weighted by atomic mass is 9.70. The first-order chi connectivity index (χ1) is 15.7. The Labute approximate surface area is 201 Å². The number of allylic oxidation sites excluding steroid dienone is 2. The Morgan fingerprint density at radius 2 is 1.91 bits per heavy atom. The van der Waals surface area contributed by atoms with Crippen molar-refractivity contribution in [1.29, 1.82) is 0 Å². The quantitative estimate of drug-likeness (QED) is 0.559. The van der Waals surface area contributed by atoms with Crippen molar-refractivity contribution in [2.24, 2.45) is 11.1 Å². The van der Waals surface area contributed by atoms with Gasteiger partial charge in [-0.2, -0.15) is 0 Å². The Morgan fingerprint density at radius 3 is 2.61 bits per heavy atom. The maximum absolute atomic E-state index is 13.4. The summed E-state index contributed by atoms with van der Waals surface area (Å²) in [5, 5.41) is 0. The van der Waals surface area contributed by atoms with E-state index < -0.39 is 11.9 Å². The van der Waals surface area contributed by atoms with E-state index in [2.05, 4.69) is 15.9 Å². The summed E-state index contributed by atoms with van der Waals surface area (Å²) in [5.41, 5.74) is 8.15. The van der Waals surface area contributed by atoms with Crippen LogP contribution in [-0.4, -0.2) is 18.9 Å². The van der Waals surface area contributed by atoms with Crippen LogP contribution in [0.5, 0.6) is 5.75 Å². The fourth-order valence-corrected chi connectivity index (χ4v) is 4.79. The molecule has 6 nitrogen and oxygen atoms in total. The van der Waals surface area contributed by atoms with Crippen molar-refractivity contribution in [3.05, 3.63) is 86.9 Å². The first kappa shape index (κ1) is 23.1. The summed E-state index contributed by atoms with van der Waals surface area (Å²) >= 11 is 3.52. The highest BCUT2D eigenvalue weighted by Crippen LogP contribution is 2.50. The molecule has 0 spiro atoms. The van der Waals surface area contributed by atoms with Gasteiger partial charge in [0, 0.05) is 28.5 Å². The van der Waals surface area contributed by atoms with Gasteiger partial charge in [-0.15, -0.1) is 0 Å². The largest absolute Gasteiger partial charge is 0.489 e. The molecule has 1 unspecified atom stereocenters. The SMILES string of the molecule is COC(=O)C1=C(N)OC2=C(C(=O)CC(C)(C)C2)C1c1cc(Br)ccc1OCc1ccccc1. The summed E-state index contributed by atoms with van der Waals surface area (Å²) in [7, 11) is 1.28. The molecule has 0 saturated heterocycles. The Hall–Kier alpha value is -3.06. The second-order valence-corrected chi connectivity index (χ2v) is 9.95. The minimum absolute atomic E-state index is 0.0508. The molecule has 2 N–H and O–H groups in total. The summed E-state index contributed by atoms with van der Waals surface area (Å²) in [6.45, 7) is 4.35. The summed E-state index contributed by atoms with van der Waals surface area (Å²) in [5.74, 6) is -0.476. The topological polar surface area (TPSA) is 87.9 Å². The molecule has 0 radical (unpaired) electrons. The van der Waals surface area contributed by atoms with Gasteiger partial charge in [0.2, 0.25) is 5.88 Å². The van der Waals surface area contributed by atoms with Gasteiger partial charge in [0.05, 0.1) is 13.0 Å². The molecule has 172 valence electrons. The highest BCUT2D eigenvalue weighted by molar-refractivity contribution is 9.10. The second kappa shape index (κ2) is 9.06. The molecule has 1 atom stereocenters. The lowest BCUT2D eigenvalue weighted by molar-refractivity contribution is -0.136. The lowest BCUT2D eigenvalue weighted by Crippen LogP contribution is -2.35. The number of ether oxygens (including phenoxy) is 3. The summed E-state index contributed by atoms with van der Waals surface area (Å²) in [4.78, 5) is 26.2. The van der Waals surface area contributed by atoms with Gasteiger partial charge in [-0.3, -0.25) is 4.79 Å². The summed E-state index contributed by atoms with van der Waals surface area (Å²) < 4.78 is 17.8. The first-order valence-corrected chi connectivity index (χ1v) is 11.5. The molecule has 1 aliphatic heterocycles. The van der Waals surface area contributed by atoms with Crippen LogP contribution in [0.25, 0.3) is 0 Å². The predicted molar refractivity (Wildman–Crippen MR) is 127 cm³/mol.